The topological polar surface area (TPSA) is 63.0 Å². The zero-order valence-electron chi connectivity index (χ0n) is 15.8. The van der Waals surface area contributed by atoms with Gasteiger partial charge in [-0.05, 0) is 29.3 Å². The van der Waals surface area contributed by atoms with Gasteiger partial charge in [0, 0.05) is 31.4 Å². The number of guanidine groups is 1. The average molecular weight is 394 g/mol. The third-order valence-corrected chi connectivity index (χ3v) is 5.18. The van der Waals surface area contributed by atoms with Gasteiger partial charge in [0.2, 0.25) is 0 Å². The Morgan fingerprint density at radius 1 is 1.18 bits per heavy atom. The Morgan fingerprint density at radius 2 is 2.07 bits per heavy atom. The monoisotopic (exact) mass is 393 g/mol. The highest BCUT2D eigenvalue weighted by Crippen LogP contribution is 2.20. The fourth-order valence-electron chi connectivity index (χ4n) is 2.98. The van der Waals surface area contributed by atoms with Crippen LogP contribution < -0.4 is 15.4 Å². The summed E-state index contributed by atoms with van der Waals surface area (Å²) in [5.41, 5.74) is 0.995. The molecule has 0 spiro atoms. The van der Waals surface area contributed by atoms with Crippen molar-refractivity contribution in [2.75, 3.05) is 20.2 Å². The first kappa shape index (κ1) is 18.3. The summed E-state index contributed by atoms with van der Waals surface area (Å²) < 4.78 is 7.90. The highest BCUT2D eigenvalue weighted by atomic mass is 32.1. The van der Waals surface area contributed by atoms with Crippen LogP contribution >= 0.6 is 11.3 Å². The van der Waals surface area contributed by atoms with Crippen LogP contribution in [0.2, 0.25) is 0 Å². The Bertz CT molecular complexity index is 1060. The fourth-order valence-corrected chi connectivity index (χ4v) is 3.70. The minimum atomic E-state index is 0.641. The summed E-state index contributed by atoms with van der Waals surface area (Å²) in [5.74, 6) is 1.67. The Morgan fingerprint density at radius 3 is 2.93 bits per heavy atom. The van der Waals surface area contributed by atoms with E-state index in [4.69, 9.17) is 4.74 Å². The number of hydrogen-bond donors (Lipinski definition) is 2. The van der Waals surface area contributed by atoms with Crippen molar-refractivity contribution >= 4 is 33.0 Å². The lowest BCUT2D eigenvalue weighted by molar-refractivity contribution is 0.311. The van der Waals surface area contributed by atoms with Crippen LogP contribution in [0, 0.1) is 0 Å². The molecule has 0 fully saturated rings. The van der Waals surface area contributed by atoms with Crippen LogP contribution in [0.5, 0.6) is 5.75 Å². The van der Waals surface area contributed by atoms with Gasteiger partial charge in [-0.15, -0.1) is 11.3 Å². The molecule has 0 aliphatic carbocycles. The van der Waals surface area contributed by atoms with Crippen molar-refractivity contribution in [2.45, 2.75) is 13.0 Å². The molecule has 0 aliphatic heterocycles. The first-order valence-electron chi connectivity index (χ1n) is 9.29. The van der Waals surface area contributed by atoms with Gasteiger partial charge in [-0.3, -0.25) is 9.39 Å². The van der Waals surface area contributed by atoms with Crippen molar-refractivity contribution < 1.29 is 4.74 Å². The van der Waals surface area contributed by atoms with Crippen molar-refractivity contribution in [3.63, 3.8) is 0 Å². The van der Waals surface area contributed by atoms with Gasteiger partial charge in [-0.2, -0.15) is 0 Å². The zero-order chi connectivity index (χ0) is 19.2. The SMILES string of the molecule is CN=C(NCCCOc1ccc2ccccc2c1)NCc1cn2ccsc2n1. The molecule has 28 heavy (non-hydrogen) atoms. The number of rotatable bonds is 7. The smallest absolute Gasteiger partial charge is 0.193 e. The molecule has 0 aliphatic rings. The molecule has 2 N–H and O–H groups in total. The van der Waals surface area contributed by atoms with Crippen LogP contribution in [-0.2, 0) is 6.54 Å². The summed E-state index contributed by atoms with van der Waals surface area (Å²) in [6.45, 7) is 2.08. The molecule has 0 amide bonds. The molecule has 4 aromatic rings. The second-order valence-corrected chi connectivity index (χ2v) is 7.26. The fraction of sp³-hybridized carbons (Fsp3) is 0.238. The first-order valence-corrected chi connectivity index (χ1v) is 10.2. The third kappa shape index (κ3) is 4.43. The van der Waals surface area contributed by atoms with Crippen LogP contribution in [0.1, 0.15) is 12.1 Å². The summed E-state index contributed by atoms with van der Waals surface area (Å²) >= 11 is 1.63. The summed E-state index contributed by atoms with van der Waals surface area (Å²) in [4.78, 5) is 9.82. The second-order valence-electron chi connectivity index (χ2n) is 6.39. The van der Waals surface area contributed by atoms with Crippen molar-refractivity contribution in [1.82, 2.24) is 20.0 Å². The molecule has 4 rings (SSSR count). The molecule has 7 heteroatoms. The van der Waals surface area contributed by atoms with E-state index in [0.29, 0.717) is 13.2 Å². The van der Waals surface area contributed by atoms with Crippen LogP contribution in [0.25, 0.3) is 15.7 Å². The molecule has 0 bridgehead atoms. The summed E-state index contributed by atoms with van der Waals surface area (Å²) in [5, 5.41) is 11.1. The van der Waals surface area contributed by atoms with Crippen molar-refractivity contribution in [3.05, 3.63) is 65.9 Å². The molecule has 2 aromatic heterocycles. The predicted octanol–water partition coefficient (Wildman–Crippen LogP) is 3.68. The molecule has 0 saturated heterocycles. The Labute approximate surface area is 167 Å². The van der Waals surface area contributed by atoms with Gasteiger partial charge in [0.15, 0.2) is 10.9 Å². The van der Waals surface area contributed by atoms with Gasteiger partial charge in [-0.1, -0.05) is 30.3 Å². The molecular formula is C21H23N5OS. The summed E-state index contributed by atoms with van der Waals surface area (Å²) in [6, 6.07) is 14.5. The molecule has 0 saturated carbocycles. The van der Waals surface area contributed by atoms with Gasteiger partial charge in [-0.25, -0.2) is 4.98 Å². The highest BCUT2D eigenvalue weighted by Gasteiger charge is 2.04. The number of imidazole rings is 1. The lowest BCUT2D eigenvalue weighted by Gasteiger charge is -2.11. The largest absolute Gasteiger partial charge is 0.494 e. The van der Waals surface area contributed by atoms with E-state index >= 15 is 0 Å². The highest BCUT2D eigenvalue weighted by molar-refractivity contribution is 7.15. The van der Waals surface area contributed by atoms with Crippen molar-refractivity contribution in [1.29, 1.82) is 0 Å². The average Bonchev–Trinajstić information content (AvgIpc) is 3.32. The standard InChI is InChI=1S/C21H23N5OS/c1-22-20(24-14-18-15-26-10-12-28-21(26)25-18)23-9-4-11-27-19-8-7-16-5-2-3-6-17(16)13-19/h2-3,5-8,10,12-13,15H,4,9,11,14H2,1H3,(H2,22,23,24). The van der Waals surface area contributed by atoms with Crippen LogP contribution in [0.4, 0.5) is 0 Å². The lowest BCUT2D eigenvalue weighted by Crippen LogP contribution is -2.37. The number of thiazole rings is 1. The quantitative estimate of drug-likeness (QED) is 0.286. The van der Waals surface area contributed by atoms with Gasteiger partial charge in [0.1, 0.15) is 5.75 Å². The van der Waals surface area contributed by atoms with E-state index in [-0.39, 0.29) is 0 Å². The van der Waals surface area contributed by atoms with Crippen LogP contribution in [0.3, 0.4) is 0 Å². The number of nitrogens with zero attached hydrogens (tertiary/aromatic N) is 3. The Hall–Kier alpha value is -3.06. The van der Waals surface area contributed by atoms with E-state index in [1.165, 1.54) is 10.8 Å². The molecule has 2 heterocycles. The van der Waals surface area contributed by atoms with E-state index in [1.807, 2.05) is 40.4 Å². The molecule has 0 radical (unpaired) electrons. The lowest BCUT2D eigenvalue weighted by atomic mass is 10.1. The van der Waals surface area contributed by atoms with Crippen molar-refractivity contribution in [3.8, 4) is 5.75 Å². The number of fused-ring (bicyclic) bond motifs is 2. The predicted molar refractivity (Wildman–Crippen MR) is 115 cm³/mol. The molecule has 0 unspecified atom stereocenters. The Balaban J connectivity index is 1.18. The summed E-state index contributed by atoms with van der Waals surface area (Å²) in [6.07, 6.45) is 4.93. The maximum absolute atomic E-state index is 5.87. The number of ether oxygens (including phenoxy) is 1. The van der Waals surface area contributed by atoms with E-state index in [1.54, 1.807) is 18.4 Å². The Kier molecular flexibility index (Phi) is 5.72. The van der Waals surface area contributed by atoms with Crippen LogP contribution in [0.15, 0.2) is 65.2 Å². The van der Waals surface area contributed by atoms with Gasteiger partial charge in [0.25, 0.3) is 0 Å². The normalized spacial score (nSPS) is 11.8. The maximum Gasteiger partial charge on any atom is 0.193 e. The van der Waals surface area contributed by atoms with E-state index in [9.17, 15) is 0 Å². The molecule has 0 atom stereocenters. The van der Waals surface area contributed by atoms with Crippen molar-refractivity contribution in [2.24, 2.45) is 4.99 Å². The molecule has 2 aromatic carbocycles. The second kappa shape index (κ2) is 8.75. The number of aromatic nitrogens is 2. The van der Waals surface area contributed by atoms with Gasteiger partial charge >= 0.3 is 0 Å². The minimum absolute atomic E-state index is 0.641. The maximum atomic E-state index is 5.87. The number of benzene rings is 2. The molecule has 144 valence electrons. The van der Waals surface area contributed by atoms with Crippen LogP contribution in [-0.4, -0.2) is 35.5 Å². The minimum Gasteiger partial charge on any atom is -0.494 e. The van der Waals surface area contributed by atoms with E-state index < -0.39 is 0 Å². The number of nitrogens with one attached hydrogen (secondary N) is 2. The third-order valence-electron chi connectivity index (χ3n) is 4.41. The van der Waals surface area contributed by atoms with Gasteiger partial charge in [0.05, 0.1) is 18.8 Å². The number of aliphatic imine (C=N–C) groups is 1. The zero-order valence-corrected chi connectivity index (χ0v) is 16.6. The van der Waals surface area contributed by atoms with E-state index in [2.05, 4.69) is 44.9 Å². The summed E-state index contributed by atoms with van der Waals surface area (Å²) in [7, 11) is 1.77. The molecular weight excluding hydrogens is 370 g/mol. The van der Waals surface area contributed by atoms with Gasteiger partial charge < -0.3 is 15.4 Å². The molecule has 6 nitrogen and oxygen atoms in total. The first-order chi connectivity index (χ1) is 13.8. The number of hydrogen-bond acceptors (Lipinski definition) is 4. The van der Waals surface area contributed by atoms with E-state index in [0.717, 1.165) is 35.3 Å².